The third-order valence-corrected chi connectivity index (χ3v) is 3.84. The van der Waals surface area contributed by atoms with Gasteiger partial charge >= 0.3 is 5.97 Å². The van der Waals surface area contributed by atoms with Crippen LogP contribution in [0.15, 0.2) is 54.6 Å². The van der Waals surface area contributed by atoms with Crippen LogP contribution in [-0.4, -0.2) is 28.5 Å². The van der Waals surface area contributed by atoms with E-state index in [-0.39, 0.29) is 17.5 Å². The Balaban J connectivity index is 1.72. The molecule has 29 heavy (non-hydrogen) atoms. The highest BCUT2D eigenvalue weighted by Gasteiger charge is 2.12. The average molecular weight is 394 g/mol. The zero-order valence-electron chi connectivity index (χ0n) is 15.9. The number of carbonyl (C=O) groups is 2. The van der Waals surface area contributed by atoms with Crippen molar-refractivity contribution in [2.45, 2.75) is 13.8 Å². The van der Waals surface area contributed by atoms with Crippen LogP contribution in [0.25, 0.3) is 0 Å². The highest BCUT2D eigenvalue weighted by molar-refractivity contribution is 6.03. The average Bonchev–Trinajstić information content (AvgIpc) is 2.70. The van der Waals surface area contributed by atoms with Gasteiger partial charge in [0.25, 0.3) is 5.91 Å². The van der Waals surface area contributed by atoms with Crippen LogP contribution in [-0.2, 0) is 4.74 Å². The van der Waals surface area contributed by atoms with E-state index >= 15 is 0 Å². The van der Waals surface area contributed by atoms with Gasteiger partial charge in [-0.3, -0.25) is 4.79 Å². The van der Waals surface area contributed by atoms with Gasteiger partial charge in [0.15, 0.2) is 0 Å². The molecule has 1 heterocycles. The Labute approximate surface area is 167 Å². The van der Waals surface area contributed by atoms with Crippen molar-refractivity contribution in [1.29, 1.82) is 0 Å². The largest absolute Gasteiger partial charge is 0.462 e. The zero-order chi connectivity index (χ0) is 20.8. The van der Waals surface area contributed by atoms with Gasteiger partial charge in [0.1, 0.15) is 11.5 Å². The summed E-state index contributed by atoms with van der Waals surface area (Å²) in [6.45, 7) is 3.76. The second kappa shape index (κ2) is 8.92. The molecular formula is C21H19FN4O3. The van der Waals surface area contributed by atoms with Crippen LogP contribution in [0.3, 0.4) is 0 Å². The lowest BCUT2D eigenvalue weighted by molar-refractivity contribution is 0.0526. The molecule has 3 rings (SSSR count). The van der Waals surface area contributed by atoms with Gasteiger partial charge in [-0.2, -0.15) is 0 Å². The Kier molecular flexibility index (Phi) is 6.13. The lowest BCUT2D eigenvalue weighted by atomic mass is 10.2. The quantitative estimate of drug-likeness (QED) is 0.612. The zero-order valence-corrected chi connectivity index (χ0v) is 15.9. The Morgan fingerprint density at radius 2 is 1.66 bits per heavy atom. The van der Waals surface area contributed by atoms with Crippen molar-refractivity contribution in [3.05, 3.63) is 77.4 Å². The van der Waals surface area contributed by atoms with E-state index in [1.165, 1.54) is 12.1 Å². The van der Waals surface area contributed by atoms with Gasteiger partial charge in [0.05, 0.1) is 12.2 Å². The Bertz CT molecular complexity index is 1020. The Morgan fingerprint density at radius 1 is 1.00 bits per heavy atom. The van der Waals surface area contributed by atoms with Gasteiger partial charge in [-0.1, -0.05) is 0 Å². The number of nitrogens with one attached hydrogen (secondary N) is 2. The smallest absolute Gasteiger partial charge is 0.338 e. The molecule has 1 amide bonds. The van der Waals surface area contributed by atoms with Crippen LogP contribution in [0.1, 0.15) is 33.5 Å². The molecule has 0 saturated heterocycles. The van der Waals surface area contributed by atoms with Crippen molar-refractivity contribution in [2.24, 2.45) is 0 Å². The van der Waals surface area contributed by atoms with Crippen molar-refractivity contribution in [3.8, 4) is 0 Å². The molecule has 2 N–H and O–H groups in total. The van der Waals surface area contributed by atoms with Crippen molar-refractivity contribution in [3.63, 3.8) is 0 Å². The monoisotopic (exact) mass is 394 g/mol. The SMILES string of the molecule is CCOC(=O)c1ccc(NC(=O)c2cc(C)nc(Nc3ccc(F)cc3)n2)cc1. The lowest BCUT2D eigenvalue weighted by Gasteiger charge is -2.09. The van der Waals surface area contributed by atoms with E-state index in [2.05, 4.69) is 20.6 Å². The number of carbonyl (C=O) groups excluding carboxylic acids is 2. The van der Waals surface area contributed by atoms with E-state index < -0.39 is 11.9 Å². The summed E-state index contributed by atoms with van der Waals surface area (Å²) in [5.41, 5.74) is 2.25. The number of ether oxygens (including phenoxy) is 1. The molecule has 0 aliphatic carbocycles. The number of hydrogen-bond acceptors (Lipinski definition) is 6. The van der Waals surface area contributed by atoms with Crippen LogP contribution in [0.2, 0.25) is 0 Å². The highest BCUT2D eigenvalue weighted by atomic mass is 19.1. The molecular weight excluding hydrogens is 375 g/mol. The molecule has 0 aliphatic rings. The second-order valence-corrected chi connectivity index (χ2v) is 6.10. The fourth-order valence-electron chi connectivity index (χ4n) is 2.50. The van der Waals surface area contributed by atoms with Crippen molar-refractivity contribution in [2.75, 3.05) is 17.2 Å². The number of anilines is 3. The first kappa shape index (κ1) is 19.9. The summed E-state index contributed by atoms with van der Waals surface area (Å²) in [7, 11) is 0. The molecule has 8 heteroatoms. The minimum atomic E-state index is -0.429. The number of nitrogens with zero attached hydrogens (tertiary/aromatic N) is 2. The Morgan fingerprint density at radius 3 is 2.31 bits per heavy atom. The highest BCUT2D eigenvalue weighted by Crippen LogP contribution is 2.16. The predicted molar refractivity (Wildman–Crippen MR) is 107 cm³/mol. The fraction of sp³-hybridized carbons (Fsp3) is 0.143. The van der Waals surface area contributed by atoms with Gasteiger partial charge in [-0.25, -0.2) is 19.2 Å². The van der Waals surface area contributed by atoms with Crippen molar-refractivity contribution >= 4 is 29.2 Å². The summed E-state index contributed by atoms with van der Waals surface area (Å²) in [6.07, 6.45) is 0. The van der Waals surface area contributed by atoms with E-state index in [9.17, 15) is 14.0 Å². The first-order valence-corrected chi connectivity index (χ1v) is 8.91. The molecule has 0 unspecified atom stereocenters. The molecule has 0 radical (unpaired) electrons. The maximum Gasteiger partial charge on any atom is 0.338 e. The number of halogens is 1. The molecule has 0 bridgehead atoms. The standard InChI is InChI=1S/C21H19FN4O3/c1-3-29-20(28)14-4-8-16(9-5-14)24-19(27)18-12-13(2)23-21(26-18)25-17-10-6-15(22)7-11-17/h4-12H,3H2,1-2H3,(H,24,27)(H,23,25,26). The van der Waals surface area contributed by atoms with Crippen LogP contribution in [0.4, 0.5) is 21.7 Å². The number of benzene rings is 2. The maximum absolute atomic E-state index is 13.0. The van der Waals surface area contributed by atoms with Crippen molar-refractivity contribution < 1.29 is 18.7 Å². The van der Waals surface area contributed by atoms with Gasteiger partial charge in [-0.05, 0) is 68.4 Å². The summed E-state index contributed by atoms with van der Waals surface area (Å²) in [5.74, 6) is -0.982. The van der Waals surface area contributed by atoms with E-state index in [1.54, 1.807) is 56.3 Å². The summed E-state index contributed by atoms with van der Waals surface area (Å²) >= 11 is 0. The van der Waals surface area contributed by atoms with Crippen molar-refractivity contribution in [1.82, 2.24) is 9.97 Å². The van der Waals surface area contributed by atoms with E-state index in [1.807, 2.05) is 0 Å². The minimum Gasteiger partial charge on any atom is -0.462 e. The molecule has 0 spiro atoms. The van der Waals surface area contributed by atoms with Gasteiger partial charge in [0, 0.05) is 17.1 Å². The number of rotatable bonds is 6. The first-order chi connectivity index (χ1) is 13.9. The fourth-order valence-corrected chi connectivity index (χ4v) is 2.50. The lowest BCUT2D eigenvalue weighted by Crippen LogP contribution is -2.15. The topological polar surface area (TPSA) is 93.2 Å². The molecule has 0 aliphatic heterocycles. The van der Waals surface area contributed by atoms with E-state index in [0.29, 0.717) is 29.2 Å². The predicted octanol–water partition coefficient (Wildman–Crippen LogP) is 4.10. The first-order valence-electron chi connectivity index (χ1n) is 8.91. The van der Waals surface area contributed by atoms with E-state index in [0.717, 1.165) is 0 Å². The minimum absolute atomic E-state index is 0.164. The number of aryl methyl sites for hydroxylation is 1. The Hall–Kier alpha value is -3.81. The van der Waals surface area contributed by atoms with Crippen LogP contribution in [0, 0.1) is 12.7 Å². The van der Waals surface area contributed by atoms with Crippen LogP contribution >= 0.6 is 0 Å². The molecule has 0 atom stereocenters. The number of aromatic nitrogens is 2. The molecule has 1 aromatic heterocycles. The van der Waals surface area contributed by atoms with Crippen LogP contribution < -0.4 is 10.6 Å². The summed E-state index contributed by atoms with van der Waals surface area (Å²) < 4.78 is 18.0. The molecule has 3 aromatic rings. The molecule has 2 aromatic carbocycles. The van der Waals surface area contributed by atoms with E-state index in [4.69, 9.17) is 4.74 Å². The normalized spacial score (nSPS) is 10.3. The van der Waals surface area contributed by atoms with Gasteiger partial charge in [0.2, 0.25) is 5.95 Å². The van der Waals surface area contributed by atoms with Gasteiger partial charge in [-0.15, -0.1) is 0 Å². The third-order valence-electron chi connectivity index (χ3n) is 3.84. The maximum atomic E-state index is 13.0. The molecule has 0 saturated carbocycles. The third kappa shape index (κ3) is 5.35. The number of amides is 1. The summed E-state index contributed by atoms with van der Waals surface area (Å²) in [4.78, 5) is 32.7. The summed E-state index contributed by atoms with van der Waals surface area (Å²) in [6, 6.07) is 13.6. The summed E-state index contributed by atoms with van der Waals surface area (Å²) in [5, 5.41) is 5.67. The van der Waals surface area contributed by atoms with Gasteiger partial charge < -0.3 is 15.4 Å². The molecule has 0 fully saturated rings. The number of esters is 1. The molecule has 7 nitrogen and oxygen atoms in total. The number of hydrogen-bond donors (Lipinski definition) is 2. The second-order valence-electron chi connectivity index (χ2n) is 6.10. The molecule has 148 valence electrons. The van der Waals surface area contributed by atoms with Crippen LogP contribution in [0.5, 0.6) is 0 Å².